The van der Waals surface area contributed by atoms with Crippen LogP contribution in [0.4, 0.5) is 0 Å². The monoisotopic (exact) mass is 330 g/mol. The van der Waals surface area contributed by atoms with Crippen LogP contribution in [0.3, 0.4) is 0 Å². The van der Waals surface area contributed by atoms with Gasteiger partial charge in [-0.05, 0) is 44.4 Å². The number of sulfonamides is 1. The van der Waals surface area contributed by atoms with Gasteiger partial charge in [-0.1, -0.05) is 20.3 Å². The van der Waals surface area contributed by atoms with E-state index in [0.29, 0.717) is 10.8 Å². The second kappa shape index (κ2) is 7.22. The summed E-state index contributed by atoms with van der Waals surface area (Å²) in [6, 6.07) is 2.08. The van der Waals surface area contributed by atoms with Gasteiger partial charge in [-0.2, -0.15) is 4.31 Å². The summed E-state index contributed by atoms with van der Waals surface area (Å²) in [5, 5.41) is 3.27. The summed E-state index contributed by atoms with van der Waals surface area (Å²) in [4.78, 5) is 1.13. The third kappa shape index (κ3) is 4.06. The van der Waals surface area contributed by atoms with Crippen LogP contribution in [-0.2, 0) is 16.6 Å². The highest BCUT2D eigenvalue weighted by molar-refractivity contribution is 7.91. The minimum Gasteiger partial charge on any atom is -0.312 e. The van der Waals surface area contributed by atoms with Gasteiger partial charge >= 0.3 is 0 Å². The highest BCUT2D eigenvalue weighted by atomic mass is 32.2. The Morgan fingerprint density at radius 3 is 2.67 bits per heavy atom. The van der Waals surface area contributed by atoms with Gasteiger partial charge in [-0.3, -0.25) is 0 Å². The van der Waals surface area contributed by atoms with Crippen molar-refractivity contribution in [1.29, 1.82) is 0 Å². The molecule has 0 spiro atoms. The van der Waals surface area contributed by atoms with Crippen LogP contribution in [0.2, 0.25) is 0 Å². The maximum Gasteiger partial charge on any atom is 0.252 e. The first-order valence-electron chi connectivity index (χ1n) is 7.82. The molecule has 21 heavy (non-hydrogen) atoms. The second-order valence-electron chi connectivity index (χ2n) is 5.65. The zero-order chi connectivity index (χ0) is 15.5. The van der Waals surface area contributed by atoms with Crippen molar-refractivity contribution in [2.24, 2.45) is 0 Å². The fraction of sp³-hybridized carbons (Fsp3) is 0.733. The van der Waals surface area contributed by atoms with E-state index in [1.54, 1.807) is 4.31 Å². The van der Waals surface area contributed by atoms with Gasteiger partial charge in [0.2, 0.25) is 0 Å². The molecule has 1 aromatic heterocycles. The maximum atomic E-state index is 12.9. The van der Waals surface area contributed by atoms with Crippen LogP contribution in [0.1, 0.15) is 50.0 Å². The normalized spacial score (nSPS) is 15.8. The van der Waals surface area contributed by atoms with Crippen molar-refractivity contribution in [2.75, 3.05) is 13.1 Å². The summed E-state index contributed by atoms with van der Waals surface area (Å²) in [7, 11) is -3.31. The average molecular weight is 331 g/mol. The molecule has 6 heteroatoms. The largest absolute Gasteiger partial charge is 0.312 e. The van der Waals surface area contributed by atoms with Gasteiger partial charge in [-0.15, -0.1) is 11.3 Å². The molecule has 1 saturated carbocycles. The van der Waals surface area contributed by atoms with E-state index in [1.807, 2.05) is 13.0 Å². The lowest BCUT2D eigenvalue weighted by molar-refractivity contribution is 0.397. The number of hydrogen-bond acceptors (Lipinski definition) is 4. The zero-order valence-corrected chi connectivity index (χ0v) is 14.8. The third-order valence-electron chi connectivity index (χ3n) is 3.78. The predicted octanol–water partition coefficient (Wildman–Crippen LogP) is 3.12. The molecule has 1 aromatic rings. The summed E-state index contributed by atoms with van der Waals surface area (Å²) in [6.45, 7) is 8.45. The summed E-state index contributed by atoms with van der Waals surface area (Å²) < 4.78 is 28.0. The molecule has 0 bridgehead atoms. The van der Waals surface area contributed by atoms with E-state index >= 15 is 0 Å². The van der Waals surface area contributed by atoms with Gasteiger partial charge in [0.25, 0.3) is 10.0 Å². The molecule has 120 valence electrons. The smallest absolute Gasteiger partial charge is 0.252 e. The molecule has 0 atom stereocenters. The van der Waals surface area contributed by atoms with Crippen LogP contribution in [0.25, 0.3) is 0 Å². The Hall–Kier alpha value is -0.430. The number of unbranched alkanes of at least 4 members (excludes halogenated alkanes) is 1. The number of hydrogen-bond donors (Lipinski definition) is 1. The Balaban J connectivity index is 2.20. The topological polar surface area (TPSA) is 49.4 Å². The lowest BCUT2D eigenvalue weighted by atomic mass is 10.3. The minimum absolute atomic E-state index is 0.237. The molecule has 0 radical (unpaired) electrons. The van der Waals surface area contributed by atoms with Crippen LogP contribution in [0.5, 0.6) is 0 Å². The number of nitrogens with zero attached hydrogens (tertiary/aromatic N) is 1. The molecule has 0 saturated heterocycles. The lowest BCUT2D eigenvalue weighted by Crippen LogP contribution is -2.33. The van der Waals surface area contributed by atoms with E-state index in [2.05, 4.69) is 19.2 Å². The number of rotatable bonds is 9. The molecule has 2 rings (SSSR count). The minimum atomic E-state index is -3.31. The molecular weight excluding hydrogens is 304 g/mol. The fourth-order valence-corrected chi connectivity index (χ4v) is 5.73. The van der Waals surface area contributed by atoms with Crippen molar-refractivity contribution in [1.82, 2.24) is 9.62 Å². The molecule has 1 heterocycles. The standard InChI is InChI=1S/C15H26N2O2S2/c1-4-6-9-17(13-7-8-13)21(18,19)15-10-12(3)14(20-15)11-16-5-2/h10,13,16H,4-9,11H2,1-3H3. The molecule has 0 aromatic carbocycles. The molecule has 1 aliphatic rings. The second-order valence-corrected chi connectivity index (χ2v) is 8.91. The molecular formula is C15H26N2O2S2. The molecule has 0 aliphatic heterocycles. The van der Waals surface area contributed by atoms with E-state index in [-0.39, 0.29) is 6.04 Å². The van der Waals surface area contributed by atoms with Crippen molar-refractivity contribution in [3.63, 3.8) is 0 Å². The number of aryl methyl sites for hydroxylation is 1. The highest BCUT2D eigenvalue weighted by Gasteiger charge is 2.38. The molecule has 1 fully saturated rings. The van der Waals surface area contributed by atoms with Crippen molar-refractivity contribution in [3.8, 4) is 0 Å². The van der Waals surface area contributed by atoms with Gasteiger partial charge in [0.1, 0.15) is 4.21 Å². The Morgan fingerprint density at radius 2 is 2.10 bits per heavy atom. The van der Waals surface area contributed by atoms with Crippen molar-refractivity contribution in [3.05, 3.63) is 16.5 Å². The first-order chi connectivity index (χ1) is 10.0. The van der Waals surface area contributed by atoms with E-state index in [0.717, 1.165) is 49.2 Å². The molecule has 0 unspecified atom stereocenters. The average Bonchev–Trinajstić information content (AvgIpc) is 3.20. The first-order valence-corrected chi connectivity index (χ1v) is 10.1. The predicted molar refractivity (Wildman–Crippen MR) is 88.3 cm³/mol. The maximum absolute atomic E-state index is 12.9. The van der Waals surface area contributed by atoms with Crippen molar-refractivity contribution >= 4 is 21.4 Å². The highest BCUT2D eigenvalue weighted by Crippen LogP contribution is 2.35. The van der Waals surface area contributed by atoms with Crippen LogP contribution >= 0.6 is 11.3 Å². The van der Waals surface area contributed by atoms with Crippen LogP contribution in [0.15, 0.2) is 10.3 Å². The quantitative estimate of drug-likeness (QED) is 0.757. The molecule has 0 amide bonds. The SMILES string of the molecule is CCCCN(C1CC1)S(=O)(=O)c1cc(C)c(CNCC)s1. The Bertz CT molecular complexity index is 562. The lowest BCUT2D eigenvalue weighted by Gasteiger charge is -2.20. The van der Waals surface area contributed by atoms with Gasteiger partial charge in [-0.25, -0.2) is 8.42 Å². The van der Waals surface area contributed by atoms with Crippen LogP contribution < -0.4 is 5.32 Å². The van der Waals surface area contributed by atoms with Gasteiger partial charge in [0.05, 0.1) is 0 Å². The number of nitrogens with one attached hydrogen (secondary N) is 1. The van der Waals surface area contributed by atoms with E-state index in [9.17, 15) is 8.42 Å². The molecule has 1 N–H and O–H groups in total. The van der Waals surface area contributed by atoms with E-state index in [4.69, 9.17) is 0 Å². The summed E-state index contributed by atoms with van der Waals surface area (Å²) in [5.74, 6) is 0. The van der Waals surface area contributed by atoms with E-state index in [1.165, 1.54) is 11.3 Å². The first kappa shape index (κ1) is 16.9. The Labute approximate surface area is 132 Å². The van der Waals surface area contributed by atoms with Crippen molar-refractivity contribution < 1.29 is 8.42 Å². The fourth-order valence-electron chi connectivity index (χ4n) is 2.32. The summed E-state index contributed by atoms with van der Waals surface area (Å²) >= 11 is 1.42. The Morgan fingerprint density at radius 1 is 1.38 bits per heavy atom. The van der Waals surface area contributed by atoms with Crippen LogP contribution in [0, 0.1) is 6.92 Å². The number of thiophene rings is 1. The Kier molecular flexibility index (Phi) is 5.82. The third-order valence-corrected chi connectivity index (χ3v) is 7.42. The molecule has 1 aliphatic carbocycles. The van der Waals surface area contributed by atoms with Gasteiger partial charge in [0, 0.05) is 24.0 Å². The van der Waals surface area contributed by atoms with Crippen molar-refractivity contribution in [2.45, 2.75) is 63.3 Å². The molecule has 4 nitrogen and oxygen atoms in total. The van der Waals surface area contributed by atoms with E-state index < -0.39 is 10.0 Å². The summed E-state index contributed by atoms with van der Waals surface area (Å²) in [6.07, 6.45) is 3.98. The summed E-state index contributed by atoms with van der Waals surface area (Å²) in [5.41, 5.74) is 1.07. The van der Waals surface area contributed by atoms with Gasteiger partial charge < -0.3 is 5.32 Å². The van der Waals surface area contributed by atoms with Gasteiger partial charge in [0.15, 0.2) is 0 Å². The van der Waals surface area contributed by atoms with Crippen LogP contribution in [-0.4, -0.2) is 31.9 Å². The zero-order valence-electron chi connectivity index (χ0n) is 13.2.